The van der Waals surface area contributed by atoms with Crippen molar-refractivity contribution in [1.29, 1.82) is 0 Å². The van der Waals surface area contributed by atoms with Crippen LogP contribution in [-0.2, 0) is 9.47 Å². The molecule has 0 N–H and O–H groups in total. The Morgan fingerprint density at radius 2 is 2.40 bits per heavy atom. The molecule has 4 heteroatoms. The van der Waals surface area contributed by atoms with Crippen LogP contribution in [0.25, 0.3) is 0 Å². The lowest BCUT2D eigenvalue weighted by Crippen LogP contribution is -2.28. The third-order valence-corrected chi connectivity index (χ3v) is 1.44. The predicted molar refractivity (Wildman–Crippen MR) is 35.6 cm³/mol. The van der Waals surface area contributed by atoms with E-state index in [1.54, 1.807) is 0 Å². The zero-order valence-electron chi connectivity index (χ0n) is 5.35. The molecule has 10 heavy (non-hydrogen) atoms. The topological polar surface area (TPSA) is 18.5 Å². The van der Waals surface area contributed by atoms with E-state index in [9.17, 15) is 4.39 Å². The van der Waals surface area contributed by atoms with Gasteiger partial charge in [-0.25, -0.2) is 4.39 Å². The second-order valence-corrected chi connectivity index (χ2v) is 2.15. The molecule has 1 heterocycles. The highest BCUT2D eigenvalue weighted by atomic mass is 35.5. The molecule has 0 saturated carbocycles. The molecule has 0 aromatic rings. The van der Waals surface area contributed by atoms with Crippen molar-refractivity contribution in [1.82, 2.24) is 0 Å². The molecule has 2 nitrogen and oxygen atoms in total. The highest BCUT2D eigenvalue weighted by Gasteiger charge is 2.18. The van der Waals surface area contributed by atoms with Crippen molar-refractivity contribution in [2.75, 3.05) is 19.8 Å². The fraction of sp³-hybridized carbons (Fsp3) is 0.667. The number of hydrogen-bond acceptors (Lipinski definition) is 2. The minimum Gasteiger partial charge on any atom is -0.376 e. The summed E-state index contributed by atoms with van der Waals surface area (Å²) < 4.78 is 22.5. The molecule has 1 aliphatic rings. The Kier molecular flexibility index (Phi) is 3.12. The highest BCUT2D eigenvalue weighted by molar-refractivity contribution is 6.25. The van der Waals surface area contributed by atoms with Crippen LogP contribution in [-0.4, -0.2) is 25.9 Å². The SMILES string of the molecule is F/C(=C\Cl)C1COCCO1. The fourth-order valence-corrected chi connectivity index (χ4v) is 0.858. The zero-order valence-corrected chi connectivity index (χ0v) is 6.10. The first-order valence-electron chi connectivity index (χ1n) is 2.99. The van der Waals surface area contributed by atoms with Crippen LogP contribution >= 0.6 is 11.6 Å². The van der Waals surface area contributed by atoms with Gasteiger partial charge in [0.05, 0.1) is 19.8 Å². The molecule has 1 saturated heterocycles. The molecule has 0 aromatic carbocycles. The molecule has 1 aliphatic heterocycles. The van der Waals surface area contributed by atoms with E-state index >= 15 is 0 Å². The maximum atomic E-state index is 12.5. The van der Waals surface area contributed by atoms with Crippen molar-refractivity contribution in [2.45, 2.75) is 6.10 Å². The third-order valence-electron chi connectivity index (χ3n) is 1.23. The summed E-state index contributed by atoms with van der Waals surface area (Å²) in [7, 11) is 0. The second kappa shape index (κ2) is 3.91. The van der Waals surface area contributed by atoms with E-state index in [1.807, 2.05) is 0 Å². The fourth-order valence-electron chi connectivity index (χ4n) is 0.717. The van der Waals surface area contributed by atoms with Crippen LogP contribution in [0.1, 0.15) is 0 Å². The normalized spacial score (nSPS) is 28.6. The van der Waals surface area contributed by atoms with Crippen molar-refractivity contribution in [2.24, 2.45) is 0 Å². The van der Waals surface area contributed by atoms with Gasteiger partial charge in [0.2, 0.25) is 0 Å². The first-order chi connectivity index (χ1) is 4.84. The van der Waals surface area contributed by atoms with Crippen LogP contribution in [0, 0.1) is 0 Å². The predicted octanol–water partition coefficient (Wildman–Crippen LogP) is 1.45. The van der Waals surface area contributed by atoms with Crippen molar-refractivity contribution in [3.63, 3.8) is 0 Å². The average Bonchev–Trinajstić information content (AvgIpc) is 2.05. The molecule has 1 unspecified atom stereocenters. The Labute approximate surface area is 63.6 Å². The molecule has 1 fully saturated rings. The van der Waals surface area contributed by atoms with E-state index in [4.69, 9.17) is 21.1 Å². The lowest BCUT2D eigenvalue weighted by molar-refractivity contribution is -0.0793. The maximum absolute atomic E-state index is 12.5. The first kappa shape index (κ1) is 7.98. The Morgan fingerprint density at radius 1 is 1.60 bits per heavy atom. The lowest BCUT2D eigenvalue weighted by atomic mass is 10.3. The lowest BCUT2D eigenvalue weighted by Gasteiger charge is -2.20. The smallest absolute Gasteiger partial charge is 0.142 e. The van der Waals surface area contributed by atoms with E-state index in [0.29, 0.717) is 13.2 Å². The third kappa shape index (κ3) is 1.94. The van der Waals surface area contributed by atoms with Gasteiger partial charge in [0, 0.05) is 5.54 Å². The van der Waals surface area contributed by atoms with Gasteiger partial charge in [-0.3, -0.25) is 0 Å². The van der Waals surface area contributed by atoms with Gasteiger partial charge >= 0.3 is 0 Å². The summed E-state index contributed by atoms with van der Waals surface area (Å²) in [4.78, 5) is 0. The Morgan fingerprint density at radius 3 is 2.90 bits per heavy atom. The van der Waals surface area contributed by atoms with Crippen LogP contribution in [0.5, 0.6) is 0 Å². The van der Waals surface area contributed by atoms with E-state index in [0.717, 1.165) is 5.54 Å². The second-order valence-electron chi connectivity index (χ2n) is 1.93. The van der Waals surface area contributed by atoms with Gasteiger partial charge in [-0.2, -0.15) is 0 Å². The van der Waals surface area contributed by atoms with Crippen LogP contribution < -0.4 is 0 Å². The summed E-state index contributed by atoms with van der Waals surface area (Å²) in [6.45, 7) is 1.23. The first-order valence-corrected chi connectivity index (χ1v) is 3.43. The van der Waals surface area contributed by atoms with Gasteiger partial charge in [-0.1, -0.05) is 11.6 Å². The number of ether oxygens (including phenoxy) is 2. The quantitative estimate of drug-likeness (QED) is 0.587. The molecular weight excluding hydrogens is 159 g/mol. The van der Waals surface area contributed by atoms with Crippen molar-refractivity contribution < 1.29 is 13.9 Å². The zero-order chi connectivity index (χ0) is 7.40. The van der Waals surface area contributed by atoms with E-state index in [2.05, 4.69) is 0 Å². The monoisotopic (exact) mass is 166 g/mol. The molecule has 1 rings (SSSR count). The summed E-state index contributed by atoms with van der Waals surface area (Å²) in [6.07, 6.45) is -0.591. The molecule has 58 valence electrons. The highest BCUT2D eigenvalue weighted by Crippen LogP contribution is 2.12. The van der Waals surface area contributed by atoms with Gasteiger partial charge < -0.3 is 9.47 Å². The van der Waals surface area contributed by atoms with Gasteiger partial charge in [0.25, 0.3) is 0 Å². The Bertz CT molecular complexity index is 132. The summed E-state index contributed by atoms with van der Waals surface area (Å²) >= 11 is 5.11. The molecule has 0 aliphatic carbocycles. The number of halogens is 2. The number of hydrogen-bond donors (Lipinski definition) is 0. The van der Waals surface area contributed by atoms with Crippen LogP contribution in [0.3, 0.4) is 0 Å². The molecule has 0 radical (unpaired) electrons. The standard InChI is InChI=1S/C6H8ClFO2/c7-3-5(8)6-4-9-1-2-10-6/h3,6H,1-2,4H2/b5-3-. The average molecular weight is 167 g/mol. The van der Waals surface area contributed by atoms with Crippen LogP contribution in [0.4, 0.5) is 4.39 Å². The molecule has 0 spiro atoms. The van der Waals surface area contributed by atoms with Gasteiger partial charge in [0.15, 0.2) is 0 Å². The van der Waals surface area contributed by atoms with Crippen molar-refractivity contribution in [3.8, 4) is 0 Å². The van der Waals surface area contributed by atoms with Crippen LogP contribution in [0.15, 0.2) is 11.4 Å². The van der Waals surface area contributed by atoms with Crippen molar-refractivity contribution >= 4 is 11.6 Å². The molecule has 0 bridgehead atoms. The molecular formula is C6H8ClFO2. The Balaban J connectivity index is 2.39. The minimum absolute atomic E-state index is 0.259. The van der Waals surface area contributed by atoms with E-state index < -0.39 is 11.9 Å². The molecule has 0 amide bonds. The summed E-state index contributed by atoms with van der Waals surface area (Å²) in [5, 5.41) is 0. The van der Waals surface area contributed by atoms with E-state index in [-0.39, 0.29) is 6.61 Å². The maximum Gasteiger partial charge on any atom is 0.142 e. The van der Waals surface area contributed by atoms with Crippen molar-refractivity contribution in [3.05, 3.63) is 11.4 Å². The molecule has 1 atom stereocenters. The van der Waals surface area contributed by atoms with E-state index in [1.165, 1.54) is 0 Å². The van der Waals surface area contributed by atoms with Gasteiger partial charge in [0.1, 0.15) is 11.9 Å². The minimum atomic E-state index is -0.591. The largest absolute Gasteiger partial charge is 0.376 e. The Hall–Kier alpha value is -0.120. The van der Waals surface area contributed by atoms with Gasteiger partial charge in [-0.15, -0.1) is 0 Å². The summed E-state index contributed by atoms with van der Waals surface area (Å²) in [5.41, 5.74) is 0.874. The van der Waals surface area contributed by atoms with Gasteiger partial charge in [-0.05, 0) is 0 Å². The molecule has 0 aromatic heterocycles. The summed E-state index contributed by atoms with van der Waals surface area (Å²) in [6, 6.07) is 0. The number of rotatable bonds is 1. The summed E-state index contributed by atoms with van der Waals surface area (Å²) in [5.74, 6) is -0.471. The van der Waals surface area contributed by atoms with Crippen LogP contribution in [0.2, 0.25) is 0 Å².